The number of ether oxygens (including phenoxy) is 1. The van der Waals surface area contributed by atoms with Crippen molar-refractivity contribution in [1.29, 1.82) is 0 Å². The molecule has 0 radical (unpaired) electrons. The summed E-state index contributed by atoms with van der Waals surface area (Å²) in [7, 11) is 1.55. The second-order valence-corrected chi connectivity index (χ2v) is 4.13. The number of hydrogen-bond donors (Lipinski definition) is 0. The van der Waals surface area contributed by atoms with Crippen LogP contribution >= 0.6 is 22.9 Å². The molecule has 0 saturated heterocycles. The summed E-state index contributed by atoms with van der Waals surface area (Å²) in [4.78, 5) is 10.9. The number of methoxy groups -OCH3 is 1. The van der Waals surface area contributed by atoms with E-state index in [0.717, 1.165) is 16.4 Å². The molecule has 0 fully saturated rings. The highest BCUT2D eigenvalue weighted by atomic mass is 35.5. The first-order chi connectivity index (χ1) is 6.77. The molecule has 0 N–H and O–H groups in total. The first-order valence-electron chi connectivity index (χ1n) is 3.98. The lowest BCUT2D eigenvalue weighted by atomic mass is 10.2. The summed E-state index contributed by atoms with van der Waals surface area (Å²) in [5, 5.41) is 2.12. The fourth-order valence-corrected chi connectivity index (χ4v) is 2.63. The standard InChI is InChI=1S/C10H7ClO2S/c1-13-10-7(5-12)6-3-2-4-8(11)9(6)14-10/h2-5H,1H3. The van der Waals surface area contributed by atoms with Crippen molar-refractivity contribution in [3.63, 3.8) is 0 Å². The smallest absolute Gasteiger partial charge is 0.185 e. The molecule has 0 aliphatic carbocycles. The summed E-state index contributed by atoms with van der Waals surface area (Å²) in [6.07, 6.45) is 0.800. The van der Waals surface area contributed by atoms with E-state index in [9.17, 15) is 4.79 Å². The van der Waals surface area contributed by atoms with Gasteiger partial charge in [0.25, 0.3) is 0 Å². The predicted molar refractivity (Wildman–Crippen MR) is 58.8 cm³/mol. The zero-order valence-corrected chi connectivity index (χ0v) is 8.98. The zero-order chi connectivity index (χ0) is 10.1. The average molecular weight is 227 g/mol. The normalized spacial score (nSPS) is 10.4. The molecule has 0 bridgehead atoms. The van der Waals surface area contributed by atoms with Crippen molar-refractivity contribution in [2.75, 3.05) is 7.11 Å². The number of carbonyl (C=O) groups is 1. The Morgan fingerprint density at radius 3 is 2.93 bits per heavy atom. The fraction of sp³-hybridized carbons (Fsp3) is 0.100. The first kappa shape index (κ1) is 9.49. The second kappa shape index (κ2) is 3.59. The summed E-state index contributed by atoms with van der Waals surface area (Å²) in [5.74, 6) is 0. The number of halogens is 1. The van der Waals surface area contributed by atoms with Crippen LogP contribution in [0.2, 0.25) is 5.02 Å². The Labute approximate surface area is 90.1 Å². The van der Waals surface area contributed by atoms with Crippen LogP contribution in [0.25, 0.3) is 10.1 Å². The molecule has 2 nitrogen and oxygen atoms in total. The third-order valence-corrected chi connectivity index (χ3v) is 3.62. The van der Waals surface area contributed by atoms with Gasteiger partial charge in [-0.3, -0.25) is 4.79 Å². The summed E-state index contributed by atoms with van der Waals surface area (Å²) in [6.45, 7) is 0. The molecule has 2 aromatic rings. The SMILES string of the molecule is COc1sc2c(Cl)cccc2c1C=O. The van der Waals surface area contributed by atoms with E-state index in [4.69, 9.17) is 16.3 Å². The third-order valence-electron chi connectivity index (χ3n) is 1.98. The fourth-order valence-electron chi connectivity index (χ4n) is 1.35. The van der Waals surface area contributed by atoms with E-state index in [-0.39, 0.29) is 0 Å². The largest absolute Gasteiger partial charge is 0.487 e. The summed E-state index contributed by atoms with van der Waals surface area (Å²) in [5.41, 5.74) is 0.579. The first-order valence-corrected chi connectivity index (χ1v) is 5.17. The maximum Gasteiger partial charge on any atom is 0.185 e. The highest BCUT2D eigenvalue weighted by Gasteiger charge is 2.13. The molecule has 0 saturated carbocycles. The van der Waals surface area contributed by atoms with Crippen LogP contribution in [-0.2, 0) is 0 Å². The van der Waals surface area contributed by atoms with Crippen LogP contribution in [0.5, 0.6) is 5.06 Å². The van der Waals surface area contributed by atoms with Gasteiger partial charge in [-0.2, -0.15) is 0 Å². The van der Waals surface area contributed by atoms with Crippen LogP contribution in [0.1, 0.15) is 10.4 Å². The Bertz CT molecular complexity index is 490. The minimum absolute atomic E-state index is 0.579. The van der Waals surface area contributed by atoms with Gasteiger partial charge in [0.2, 0.25) is 0 Å². The predicted octanol–water partition coefficient (Wildman–Crippen LogP) is 3.38. The van der Waals surface area contributed by atoms with E-state index >= 15 is 0 Å². The Morgan fingerprint density at radius 2 is 2.29 bits per heavy atom. The molecule has 4 heteroatoms. The quantitative estimate of drug-likeness (QED) is 0.734. The molecule has 14 heavy (non-hydrogen) atoms. The minimum atomic E-state index is 0.579. The van der Waals surface area contributed by atoms with Gasteiger partial charge < -0.3 is 4.74 Å². The van der Waals surface area contributed by atoms with Crippen molar-refractivity contribution in [1.82, 2.24) is 0 Å². The van der Waals surface area contributed by atoms with Gasteiger partial charge in [0.1, 0.15) is 0 Å². The Kier molecular flexibility index (Phi) is 2.44. The lowest BCUT2D eigenvalue weighted by Crippen LogP contribution is -1.83. The molecule has 0 aliphatic rings. The van der Waals surface area contributed by atoms with Crippen molar-refractivity contribution in [3.05, 3.63) is 28.8 Å². The van der Waals surface area contributed by atoms with Gasteiger partial charge in [-0.25, -0.2) is 0 Å². The Balaban J connectivity index is 2.86. The average Bonchev–Trinajstić information content (AvgIpc) is 2.57. The maximum absolute atomic E-state index is 10.9. The topological polar surface area (TPSA) is 26.3 Å². The minimum Gasteiger partial charge on any atom is -0.487 e. The molecule has 72 valence electrons. The molecular weight excluding hydrogens is 220 g/mol. The molecule has 0 amide bonds. The van der Waals surface area contributed by atoms with Gasteiger partial charge in [0.05, 0.1) is 22.4 Å². The highest BCUT2D eigenvalue weighted by molar-refractivity contribution is 7.21. The molecule has 1 aromatic carbocycles. The molecular formula is C10H7ClO2S. The summed E-state index contributed by atoms with van der Waals surface area (Å²) < 4.78 is 6.00. The van der Waals surface area contributed by atoms with Crippen LogP contribution in [0.3, 0.4) is 0 Å². The number of benzene rings is 1. The zero-order valence-electron chi connectivity index (χ0n) is 7.41. The van der Waals surface area contributed by atoms with E-state index in [1.807, 2.05) is 12.1 Å². The van der Waals surface area contributed by atoms with Crippen molar-refractivity contribution in [2.24, 2.45) is 0 Å². The third kappa shape index (κ3) is 1.29. The monoisotopic (exact) mass is 226 g/mol. The molecule has 0 spiro atoms. The maximum atomic E-state index is 10.9. The van der Waals surface area contributed by atoms with Crippen molar-refractivity contribution < 1.29 is 9.53 Å². The van der Waals surface area contributed by atoms with Crippen molar-refractivity contribution in [2.45, 2.75) is 0 Å². The Hall–Kier alpha value is -1.06. The van der Waals surface area contributed by atoms with E-state index < -0.39 is 0 Å². The van der Waals surface area contributed by atoms with Gasteiger partial charge in [0.15, 0.2) is 11.3 Å². The number of aldehydes is 1. The molecule has 2 rings (SSSR count). The van der Waals surface area contributed by atoms with E-state index in [2.05, 4.69) is 0 Å². The molecule has 1 heterocycles. The number of carbonyl (C=O) groups excluding carboxylic acids is 1. The molecule has 0 atom stereocenters. The van der Waals surface area contributed by atoms with E-state index in [1.54, 1.807) is 13.2 Å². The van der Waals surface area contributed by atoms with Crippen LogP contribution in [0, 0.1) is 0 Å². The van der Waals surface area contributed by atoms with Gasteiger partial charge in [-0.15, -0.1) is 0 Å². The van der Waals surface area contributed by atoms with Gasteiger partial charge >= 0.3 is 0 Å². The van der Waals surface area contributed by atoms with Gasteiger partial charge in [0, 0.05) is 5.39 Å². The molecule has 1 aromatic heterocycles. The summed E-state index contributed by atoms with van der Waals surface area (Å²) in [6, 6.07) is 5.49. The number of hydrogen-bond acceptors (Lipinski definition) is 3. The lowest BCUT2D eigenvalue weighted by Gasteiger charge is -1.93. The van der Waals surface area contributed by atoms with E-state index in [0.29, 0.717) is 15.6 Å². The number of thiophene rings is 1. The van der Waals surface area contributed by atoms with Crippen LogP contribution in [-0.4, -0.2) is 13.4 Å². The molecule has 0 aliphatic heterocycles. The van der Waals surface area contributed by atoms with Gasteiger partial charge in [-0.05, 0) is 6.07 Å². The summed E-state index contributed by atoms with van der Waals surface area (Å²) >= 11 is 7.38. The second-order valence-electron chi connectivity index (χ2n) is 2.74. The van der Waals surface area contributed by atoms with E-state index in [1.165, 1.54) is 11.3 Å². The Morgan fingerprint density at radius 1 is 1.50 bits per heavy atom. The lowest BCUT2D eigenvalue weighted by molar-refractivity contribution is 0.112. The molecule has 0 unspecified atom stereocenters. The number of rotatable bonds is 2. The number of fused-ring (bicyclic) bond motifs is 1. The van der Waals surface area contributed by atoms with Crippen LogP contribution in [0.4, 0.5) is 0 Å². The van der Waals surface area contributed by atoms with Crippen LogP contribution < -0.4 is 4.74 Å². The van der Waals surface area contributed by atoms with Crippen molar-refractivity contribution >= 4 is 39.3 Å². The van der Waals surface area contributed by atoms with Crippen LogP contribution in [0.15, 0.2) is 18.2 Å². The highest BCUT2D eigenvalue weighted by Crippen LogP contribution is 2.39. The van der Waals surface area contributed by atoms with Crippen molar-refractivity contribution in [3.8, 4) is 5.06 Å². The van der Waals surface area contributed by atoms with Gasteiger partial charge in [-0.1, -0.05) is 35.1 Å².